The molecule has 0 saturated carbocycles. The number of hydrogen-bond donors (Lipinski definition) is 2. The van der Waals surface area contributed by atoms with Crippen molar-refractivity contribution in [1.82, 2.24) is 5.01 Å². The third kappa shape index (κ3) is 4.30. The molecule has 1 atom stereocenters. The number of anilines is 1. The summed E-state index contributed by atoms with van der Waals surface area (Å²) in [5, 5.41) is 2.07. The first-order chi connectivity index (χ1) is 13.1. The van der Waals surface area contributed by atoms with Crippen molar-refractivity contribution in [3.05, 3.63) is 41.4 Å². The normalized spacial score (nSPS) is 18.2. The number of benzene rings is 1. The summed E-state index contributed by atoms with van der Waals surface area (Å²) in [5.74, 6) is -1.73. The fourth-order valence-electron chi connectivity index (χ4n) is 2.68. The highest BCUT2D eigenvalue weighted by molar-refractivity contribution is 5.98. The van der Waals surface area contributed by atoms with Gasteiger partial charge in [0.05, 0.1) is 30.9 Å². The van der Waals surface area contributed by atoms with Crippen molar-refractivity contribution in [2.24, 2.45) is 11.5 Å². The lowest BCUT2D eigenvalue weighted by Gasteiger charge is -2.33. The minimum atomic E-state index is -4.53. The molecular weight excluding hydrogens is 381 g/mol. The molecule has 2 rings (SSSR count). The van der Waals surface area contributed by atoms with Gasteiger partial charge in [-0.1, -0.05) is 0 Å². The monoisotopic (exact) mass is 402 g/mol. The zero-order chi connectivity index (χ0) is 21.1. The molecule has 0 aromatic heterocycles. The molecular formula is C17H21F3N4O4. The Labute approximate surface area is 159 Å². The smallest absolute Gasteiger partial charge is 0.416 e. The fourth-order valence-corrected chi connectivity index (χ4v) is 2.68. The van der Waals surface area contributed by atoms with Crippen molar-refractivity contribution in [3.63, 3.8) is 0 Å². The third-order valence-electron chi connectivity index (χ3n) is 3.82. The van der Waals surface area contributed by atoms with Gasteiger partial charge in [-0.25, -0.2) is 14.8 Å². The van der Waals surface area contributed by atoms with E-state index in [9.17, 15) is 22.8 Å². The van der Waals surface area contributed by atoms with Crippen molar-refractivity contribution in [3.8, 4) is 0 Å². The molecule has 28 heavy (non-hydrogen) atoms. The van der Waals surface area contributed by atoms with E-state index in [1.807, 2.05) is 0 Å². The molecule has 0 bridgehead atoms. The predicted molar refractivity (Wildman–Crippen MR) is 92.8 cm³/mol. The number of halogens is 3. The summed E-state index contributed by atoms with van der Waals surface area (Å²) in [6.07, 6.45) is -5.71. The van der Waals surface area contributed by atoms with Gasteiger partial charge < -0.3 is 20.9 Å². The number of carbonyl (C=O) groups excluding carboxylic acids is 2. The molecule has 11 heteroatoms. The molecule has 1 aromatic carbocycles. The topological polar surface area (TPSA) is 111 Å². The molecule has 0 aliphatic carbocycles. The number of rotatable bonds is 6. The summed E-state index contributed by atoms with van der Waals surface area (Å²) in [6.45, 7) is 3.37. The van der Waals surface area contributed by atoms with Crippen molar-refractivity contribution < 1.29 is 32.2 Å². The highest BCUT2D eigenvalue weighted by atomic mass is 19.4. The summed E-state index contributed by atoms with van der Waals surface area (Å²) in [5.41, 5.74) is 10.7. The maximum absolute atomic E-state index is 12.8. The van der Waals surface area contributed by atoms with E-state index in [0.29, 0.717) is 0 Å². The van der Waals surface area contributed by atoms with Crippen LogP contribution in [0.15, 0.2) is 35.8 Å². The zero-order valence-corrected chi connectivity index (χ0v) is 15.3. The molecule has 1 saturated heterocycles. The van der Waals surface area contributed by atoms with E-state index < -0.39 is 29.8 Å². The van der Waals surface area contributed by atoms with E-state index in [1.165, 1.54) is 0 Å². The molecule has 1 aliphatic heterocycles. The fraction of sp³-hybridized carbons (Fsp3) is 0.412. The largest absolute Gasteiger partial charge is 0.478 e. The van der Waals surface area contributed by atoms with Gasteiger partial charge in [-0.2, -0.15) is 13.2 Å². The van der Waals surface area contributed by atoms with Crippen LogP contribution in [0.1, 0.15) is 25.8 Å². The molecule has 154 valence electrons. The SMILES string of the molecule is CCOC(=O)C(=C(N)OCC)N1C(N)CC(=O)N1c1ccc(C(F)(F)F)cc1. The summed E-state index contributed by atoms with van der Waals surface area (Å²) in [7, 11) is 0. The summed E-state index contributed by atoms with van der Waals surface area (Å²) >= 11 is 0. The van der Waals surface area contributed by atoms with Crippen LogP contribution < -0.4 is 16.5 Å². The van der Waals surface area contributed by atoms with E-state index in [0.717, 1.165) is 34.3 Å². The maximum atomic E-state index is 12.8. The standard InChI is InChI=1S/C17H21F3N4O4/c1-3-27-15(22)14(16(26)28-4-2)24-12(21)9-13(25)23(24)11-7-5-10(6-8-11)17(18,19)20/h5-8,12H,3-4,9,21-22H2,1-2H3. The van der Waals surface area contributed by atoms with E-state index in [2.05, 4.69) is 0 Å². The van der Waals surface area contributed by atoms with Crippen LogP contribution in [0.3, 0.4) is 0 Å². The van der Waals surface area contributed by atoms with Crippen LogP contribution in [-0.2, 0) is 25.2 Å². The lowest BCUT2D eigenvalue weighted by atomic mass is 10.2. The van der Waals surface area contributed by atoms with Crippen molar-refractivity contribution in [1.29, 1.82) is 0 Å². The lowest BCUT2D eigenvalue weighted by Crippen LogP contribution is -2.48. The summed E-state index contributed by atoms with van der Waals surface area (Å²) in [4.78, 5) is 24.9. The van der Waals surface area contributed by atoms with Crippen LogP contribution in [0.25, 0.3) is 0 Å². The van der Waals surface area contributed by atoms with Gasteiger partial charge in [0, 0.05) is 0 Å². The van der Waals surface area contributed by atoms with Gasteiger partial charge in [-0.3, -0.25) is 4.79 Å². The van der Waals surface area contributed by atoms with Gasteiger partial charge in [-0.15, -0.1) is 0 Å². The Morgan fingerprint density at radius 1 is 1.18 bits per heavy atom. The van der Waals surface area contributed by atoms with E-state index in [1.54, 1.807) is 13.8 Å². The van der Waals surface area contributed by atoms with Gasteiger partial charge in [-0.05, 0) is 38.1 Å². The molecule has 1 amide bonds. The number of nitrogens with zero attached hydrogens (tertiary/aromatic N) is 2. The van der Waals surface area contributed by atoms with Gasteiger partial charge in [0.2, 0.25) is 17.5 Å². The Kier molecular flexibility index (Phi) is 6.39. The Balaban J connectivity index is 2.51. The third-order valence-corrected chi connectivity index (χ3v) is 3.82. The molecule has 1 heterocycles. The van der Waals surface area contributed by atoms with Crippen LogP contribution in [0, 0.1) is 0 Å². The molecule has 8 nitrogen and oxygen atoms in total. The molecule has 0 radical (unpaired) electrons. The molecule has 0 spiro atoms. The van der Waals surface area contributed by atoms with Crippen LogP contribution in [-0.4, -0.2) is 36.3 Å². The summed E-state index contributed by atoms with van der Waals surface area (Å²) in [6, 6.07) is 3.85. The Bertz CT molecular complexity index is 765. The number of amides is 1. The quantitative estimate of drug-likeness (QED) is 0.423. The predicted octanol–water partition coefficient (Wildman–Crippen LogP) is 1.67. The maximum Gasteiger partial charge on any atom is 0.416 e. The second-order valence-corrected chi connectivity index (χ2v) is 5.73. The first kappa shape index (κ1) is 21.4. The number of esters is 1. The lowest BCUT2D eigenvalue weighted by molar-refractivity contribution is -0.141. The zero-order valence-electron chi connectivity index (χ0n) is 15.3. The number of alkyl halides is 3. The van der Waals surface area contributed by atoms with Crippen LogP contribution in [0.4, 0.5) is 18.9 Å². The Morgan fingerprint density at radius 3 is 2.25 bits per heavy atom. The second-order valence-electron chi connectivity index (χ2n) is 5.73. The number of nitrogens with two attached hydrogens (primary N) is 2. The van der Waals surface area contributed by atoms with E-state index in [4.69, 9.17) is 20.9 Å². The van der Waals surface area contributed by atoms with E-state index in [-0.39, 0.29) is 36.9 Å². The molecule has 4 N–H and O–H groups in total. The number of hydrogen-bond acceptors (Lipinski definition) is 7. The van der Waals surface area contributed by atoms with Gasteiger partial charge in [0.1, 0.15) is 6.17 Å². The van der Waals surface area contributed by atoms with Crippen molar-refractivity contribution in [2.75, 3.05) is 18.2 Å². The van der Waals surface area contributed by atoms with Gasteiger partial charge in [0.25, 0.3) is 0 Å². The summed E-state index contributed by atoms with van der Waals surface area (Å²) < 4.78 is 48.6. The Hall–Kier alpha value is -2.95. The highest BCUT2D eigenvalue weighted by Crippen LogP contribution is 2.34. The molecule has 1 aliphatic rings. The number of ether oxygens (including phenoxy) is 2. The van der Waals surface area contributed by atoms with Crippen LogP contribution in [0.5, 0.6) is 0 Å². The van der Waals surface area contributed by atoms with Gasteiger partial charge >= 0.3 is 12.1 Å². The average molecular weight is 402 g/mol. The highest BCUT2D eigenvalue weighted by Gasteiger charge is 2.43. The first-order valence-electron chi connectivity index (χ1n) is 8.46. The number of carbonyl (C=O) groups is 2. The van der Waals surface area contributed by atoms with Crippen LogP contribution in [0.2, 0.25) is 0 Å². The molecule has 1 unspecified atom stereocenters. The van der Waals surface area contributed by atoms with Crippen LogP contribution >= 0.6 is 0 Å². The second kappa shape index (κ2) is 8.38. The van der Waals surface area contributed by atoms with Crippen molar-refractivity contribution >= 4 is 17.6 Å². The number of hydrazine groups is 1. The Morgan fingerprint density at radius 2 is 1.75 bits per heavy atom. The average Bonchev–Trinajstić information content (AvgIpc) is 2.89. The van der Waals surface area contributed by atoms with E-state index >= 15 is 0 Å². The first-order valence-corrected chi connectivity index (χ1v) is 8.46. The minimum Gasteiger partial charge on any atom is -0.478 e. The molecule has 1 aromatic rings. The van der Waals surface area contributed by atoms with Crippen molar-refractivity contribution in [2.45, 2.75) is 32.6 Å². The van der Waals surface area contributed by atoms with Gasteiger partial charge in [0.15, 0.2) is 0 Å². The molecule has 1 fully saturated rings. The minimum absolute atomic E-state index is 0.0268.